The minimum atomic E-state index is 0.139. The van der Waals surface area contributed by atoms with Crippen LogP contribution in [0.2, 0.25) is 0 Å². The van der Waals surface area contributed by atoms with E-state index >= 15 is 0 Å². The van der Waals surface area contributed by atoms with Gasteiger partial charge < -0.3 is 21.3 Å². The van der Waals surface area contributed by atoms with E-state index < -0.39 is 0 Å². The van der Waals surface area contributed by atoms with Crippen molar-refractivity contribution in [3.05, 3.63) is 0 Å². The van der Waals surface area contributed by atoms with Crippen LogP contribution in [0.25, 0.3) is 0 Å². The maximum atomic E-state index is 8.15. The monoisotopic (exact) mass is 176 g/mol. The van der Waals surface area contributed by atoms with Gasteiger partial charge in [0.1, 0.15) is 0 Å². The lowest BCUT2D eigenvalue weighted by molar-refractivity contribution is 0.267. The summed E-state index contributed by atoms with van der Waals surface area (Å²) < 4.78 is 0. The standard InChI is InChI=1S/C4H11NO2.C4H9N/c6-3-1-5-2-4-7;5-4-2-1-3-4/h5-7H,1-4H2;4H,1-3,5H2. The van der Waals surface area contributed by atoms with E-state index in [0.29, 0.717) is 19.1 Å². The Bertz CT molecular complexity index is 83.1. The molecule has 0 spiro atoms. The molecule has 1 aliphatic carbocycles. The molecule has 0 saturated heterocycles. The Hall–Kier alpha value is -0.160. The van der Waals surface area contributed by atoms with Crippen LogP contribution in [0, 0.1) is 0 Å². The third-order valence-electron chi connectivity index (χ3n) is 1.73. The normalized spacial score (nSPS) is 16.2. The van der Waals surface area contributed by atoms with E-state index in [1.807, 2.05) is 0 Å². The van der Waals surface area contributed by atoms with Gasteiger partial charge in [0, 0.05) is 19.1 Å². The van der Waals surface area contributed by atoms with Crippen molar-refractivity contribution in [3.8, 4) is 0 Å². The molecule has 0 aromatic rings. The van der Waals surface area contributed by atoms with Crippen LogP contribution in [0.4, 0.5) is 0 Å². The highest BCUT2D eigenvalue weighted by Crippen LogP contribution is 2.14. The average molecular weight is 176 g/mol. The topological polar surface area (TPSA) is 78.5 Å². The van der Waals surface area contributed by atoms with Crippen molar-refractivity contribution in [1.82, 2.24) is 5.32 Å². The number of aliphatic hydroxyl groups excluding tert-OH is 2. The van der Waals surface area contributed by atoms with Crippen LogP contribution in [0.1, 0.15) is 19.3 Å². The molecule has 1 rings (SSSR count). The maximum absolute atomic E-state index is 8.15. The third-order valence-corrected chi connectivity index (χ3v) is 1.73. The molecule has 0 amide bonds. The summed E-state index contributed by atoms with van der Waals surface area (Å²) in [6, 6.07) is 0.565. The smallest absolute Gasteiger partial charge is 0.0555 e. The molecule has 1 aliphatic rings. The fraction of sp³-hybridized carbons (Fsp3) is 1.00. The first kappa shape index (κ1) is 11.8. The number of nitrogens with one attached hydrogen (secondary N) is 1. The molecule has 0 aromatic carbocycles. The van der Waals surface area contributed by atoms with Gasteiger partial charge in [-0.25, -0.2) is 0 Å². The second-order valence-electron chi connectivity index (χ2n) is 2.89. The highest BCUT2D eigenvalue weighted by atomic mass is 16.3. The lowest BCUT2D eigenvalue weighted by atomic mass is 9.95. The molecule has 0 unspecified atom stereocenters. The predicted octanol–water partition coefficient (Wildman–Crippen LogP) is -0.942. The zero-order valence-electron chi connectivity index (χ0n) is 7.50. The summed E-state index contributed by atoms with van der Waals surface area (Å²) in [4.78, 5) is 0. The van der Waals surface area contributed by atoms with Crippen LogP contribution in [0.3, 0.4) is 0 Å². The van der Waals surface area contributed by atoms with Gasteiger partial charge in [0.2, 0.25) is 0 Å². The van der Waals surface area contributed by atoms with Crippen LogP contribution in [0.15, 0.2) is 0 Å². The molecule has 12 heavy (non-hydrogen) atoms. The Morgan fingerprint density at radius 1 is 1.17 bits per heavy atom. The van der Waals surface area contributed by atoms with Gasteiger partial charge in [0.25, 0.3) is 0 Å². The van der Waals surface area contributed by atoms with Crippen LogP contribution < -0.4 is 11.1 Å². The average Bonchev–Trinajstić information content (AvgIpc) is 2.03. The summed E-state index contributed by atoms with van der Waals surface area (Å²) in [5.41, 5.74) is 5.38. The van der Waals surface area contributed by atoms with Gasteiger partial charge in [0.15, 0.2) is 0 Å². The van der Waals surface area contributed by atoms with Crippen molar-refractivity contribution in [2.24, 2.45) is 5.73 Å². The van der Waals surface area contributed by atoms with Gasteiger partial charge in [-0.2, -0.15) is 0 Å². The van der Waals surface area contributed by atoms with Crippen LogP contribution in [-0.2, 0) is 0 Å². The van der Waals surface area contributed by atoms with Crippen molar-refractivity contribution in [1.29, 1.82) is 0 Å². The van der Waals surface area contributed by atoms with E-state index in [1.54, 1.807) is 0 Å². The molecule has 74 valence electrons. The van der Waals surface area contributed by atoms with E-state index in [2.05, 4.69) is 5.32 Å². The van der Waals surface area contributed by atoms with Crippen molar-refractivity contribution in [3.63, 3.8) is 0 Å². The van der Waals surface area contributed by atoms with Crippen LogP contribution in [0.5, 0.6) is 0 Å². The Morgan fingerprint density at radius 3 is 1.75 bits per heavy atom. The first-order valence-corrected chi connectivity index (χ1v) is 4.49. The van der Waals surface area contributed by atoms with Crippen LogP contribution >= 0.6 is 0 Å². The molecule has 0 aromatic heterocycles. The molecule has 0 aliphatic heterocycles. The molecule has 4 heteroatoms. The van der Waals surface area contributed by atoms with Gasteiger partial charge in [-0.3, -0.25) is 0 Å². The lowest BCUT2D eigenvalue weighted by Crippen LogP contribution is -2.27. The second-order valence-corrected chi connectivity index (χ2v) is 2.89. The summed E-state index contributed by atoms with van der Waals surface area (Å²) >= 11 is 0. The Labute approximate surface area is 73.8 Å². The first-order chi connectivity index (χ1) is 5.81. The molecule has 1 saturated carbocycles. The lowest BCUT2D eigenvalue weighted by Gasteiger charge is -2.18. The van der Waals surface area contributed by atoms with E-state index in [1.165, 1.54) is 19.3 Å². The van der Waals surface area contributed by atoms with E-state index in [4.69, 9.17) is 15.9 Å². The molecule has 5 N–H and O–H groups in total. The van der Waals surface area contributed by atoms with E-state index in [0.717, 1.165) is 0 Å². The summed E-state index contributed by atoms with van der Waals surface area (Å²) in [5, 5.41) is 19.1. The number of hydrogen-bond donors (Lipinski definition) is 4. The van der Waals surface area contributed by atoms with Crippen molar-refractivity contribution < 1.29 is 10.2 Å². The third kappa shape index (κ3) is 7.94. The Kier molecular flexibility index (Phi) is 8.81. The number of aliphatic hydroxyl groups is 2. The number of rotatable bonds is 4. The highest BCUT2D eigenvalue weighted by molar-refractivity contribution is 4.70. The summed E-state index contributed by atoms with van der Waals surface area (Å²) in [6.45, 7) is 1.42. The molecule has 4 nitrogen and oxygen atoms in total. The van der Waals surface area contributed by atoms with Crippen molar-refractivity contribution in [2.45, 2.75) is 25.3 Å². The fourth-order valence-electron chi connectivity index (χ4n) is 0.723. The zero-order chi connectivity index (χ0) is 9.23. The molecular weight excluding hydrogens is 156 g/mol. The zero-order valence-corrected chi connectivity index (χ0v) is 7.50. The minimum absolute atomic E-state index is 0.139. The second kappa shape index (κ2) is 8.93. The van der Waals surface area contributed by atoms with Gasteiger partial charge in [0.05, 0.1) is 13.2 Å². The summed E-state index contributed by atoms with van der Waals surface area (Å²) in [7, 11) is 0. The van der Waals surface area contributed by atoms with E-state index in [9.17, 15) is 0 Å². The van der Waals surface area contributed by atoms with Gasteiger partial charge in [-0.15, -0.1) is 0 Å². The molecule has 0 heterocycles. The molecule has 1 fully saturated rings. The summed E-state index contributed by atoms with van der Waals surface area (Å²) in [6.07, 6.45) is 3.89. The highest BCUT2D eigenvalue weighted by Gasteiger charge is 2.09. The largest absolute Gasteiger partial charge is 0.395 e. The Morgan fingerprint density at radius 2 is 1.58 bits per heavy atom. The van der Waals surface area contributed by atoms with Crippen molar-refractivity contribution >= 4 is 0 Å². The SMILES string of the molecule is NC1CCC1.OCCNCCO. The fourth-order valence-corrected chi connectivity index (χ4v) is 0.723. The molecular formula is C8H20N2O2. The summed E-state index contributed by atoms with van der Waals surface area (Å²) in [5.74, 6) is 0. The van der Waals surface area contributed by atoms with Crippen LogP contribution in [-0.4, -0.2) is 42.6 Å². The number of hydrogen-bond acceptors (Lipinski definition) is 4. The van der Waals surface area contributed by atoms with E-state index in [-0.39, 0.29) is 13.2 Å². The Balaban J connectivity index is 0.000000211. The molecule has 0 bridgehead atoms. The predicted molar refractivity (Wildman–Crippen MR) is 48.9 cm³/mol. The number of nitrogens with two attached hydrogens (primary N) is 1. The van der Waals surface area contributed by atoms with Gasteiger partial charge in [-0.05, 0) is 12.8 Å². The van der Waals surface area contributed by atoms with Gasteiger partial charge >= 0.3 is 0 Å². The minimum Gasteiger partial charge on any atom is -0.395 e. The molecule has 0 atom stereocenters. The van der Waals surface area contributed by atoms with Gasteiger partial charge in [-0.1, -0.05) is 6.42 Å². The quantitative estimate of drug-likeness (QED) is 0.417. The maximum Gasteiger partial charge on any atom is 0.0555 e. The first-order valence-electron chi connectivity index (χ1n) is 4.49. The van der Waals surface area contributed by atoms with Crippen molar-refractivity contribution in [2.75, 3.05) is 26.3 Å². The molecule has 0 radical (unpaired) electrons.